The van der Waals surface area contributed by atoms with Crippen LogP contribution in [-0.4, -0.2) is 36.0 Å². The molecule has 1 heterocycles. The van der Waals surface area contributed by atoms with Crippen LogP contribution in [0, 0.1) is 0 Å². The number of piperidine rings is 1. The number of benzene rings is 1. The first-order valence-electron chi connectivity index (χ1n) is 7.43. The maximum Gasteiger partial charge on any atom is 0.254 e. The summed E-state index contributed by atoms with van der Waals surface area (Å²) in [6.07, 6.45) is 3.21. The van der Waals surface area contributed by atoms with Crippen LogP contribution in [0.4, 0.5) is 0 Å². The maximum absolute atomic E-state index is 12.6. The fourth-order valence-electron chi connectivity index (χ4n) is 2.78. The van der Waals surface area contributed by atoms with Crippen LogP contribution in [0.1, 0.15) is 43.5 Å². The van der Waals surface area contributed by atoms with Gasteiger partial charge in [-0.2, -0.15) is 0 Å². The first-order chi connectivity index (χ1) is 9.63. The van der Waals surface area contributed by atoms with E-state index in [1.54, 1.807) is 0 Å². The molecule has 1 aromatic rings. The van der Waals surface area contributed by atoms with Gasteiger partial charge in [-0.15, -0.1) is 12.4 Å². The summed E-state index contributed by atoms with van der Waals surface area (Å²) in [7, 11) is 0. The SMILES string of the molecule is CCOc1ccc(C(=O)N2CCCCC2C(C)N)cc1.Cl. The van der Waals surface area contributed by atoms with Crippen molar-refractivity contribution >= 4 is 18.3 Å². The van der Waals surface area contributed by atoms with Crippen LogP contribution in [0.5, 0.6) is 5.75 Å². The van der Waals surface area contributed by atoms with Crippen molar-refractivity contribution in [2.75, 3.05) is 13.2 Å². The van der Waals surface area contributed by atoms with E-state index >= 15 is 0 Å². The molecule has 0 radical (unpaired) electrons. The second-order valence-corrected chi connectivity index (χ2v) is 5.38. The number of carbonyl (C=O) groups excluding carboxylic acids is 1. The Hall–Kier alpha value is -1.26. The third kappa shape index (κ3) is 4.35. The van der Waals surface area contributed by atoms with E-state index in [9.17, 15) is 4.79 Å². The summed E-state index contributed by atoms with van der Waals surface area (Å²) in [6, 6.07) is 7.54. The second kappa shape index (κ2) is 8.25. The molecule has 2 N–H and O–H groups in total. The van der Waals surface area contributed by atoms with E-state index in [0.717, 1.165) is 31.6 Å². The highest BCUT2D eigenvalue weighted by molar-refractivity contribution is 5.94. The van der Waals surface area contributed by atoms with Crippen LogP contribution in [0.15, 0.2) is 24.3 Å². The Bertz CT molecular complexity index is 448. The second-order valence-electron chi connectivity index (χ2n) is 5.38. The number of amides is 1. The predicted molar refractivity (Wildman–Crippen MR) is 87.2 cm³/mol. The Balaban J connectivity index is 0.00000220. The molecule has 118 valence electrons. The summed E-state index contributed by atoms with van der Waals surface area (Å²) in [5.74, 6) is 0.876. The smallest absolute Gasteiger partial charge is 0.254 e. The summed E-state index contributed by atoms with van der Waals surface area (Å²) in [4.78, 5) is 14.5. The molecule has 2 atom stereocenters. The lowest BCUT2D eigenvalue weighted by molar-refractivity contribution is 0.0584. The van der Waals surface area contributed by atoms with Crippen LogP contribution in [0.2, 0.25) is 0 Å². The van der Waals surface area contributed by atoms with Crippen LogP contribution in [0.25, 0.3) is 0 Å². The number of hydrogen-bond donors (Lipinski definition) is 1. The van der Waals surface area contributed by atoms with Crippen molar-refractivity contribution in [2.24, 2.45) is 5.73 Å². The maximum atomic E-state index is 12.6. The Morgan fingerprint density at radius 3 is 2.62 bits per heavy atom. The van der Waals surface area contributed by atoms with Crippen LogP contribution in [-0.2, 0) is 0 Å². The quantitative estimate of drug-likeness (QED) is 0.930. The Labute approximate surface area is 133 Å². The number of halogens is 1. The molecule has 1 fully saturated rings. The van der Waals surface area contributed by atoms with Crippen molar-refractivity contribution in [3.05, 3.63) is 29.8 Å². The summed E-state index contributed by atoms with van der Waals surface area (Å²) < 4.78 is 5.40. The number of ether oxygens (including phenoxy) is 1. The number of carbonyl (C=O) groups is 1. The van der Waals surface area contributed by atoms with Crippen LogP contribution >= 0.6 is 12.4 Å². The first-order valence-corrected chi connectivity index (χ1v) is 7.43. The van der Waals surface area contributed by atoms with Gasteiger partial charge in [-0.1, -0.05) is 0 Å². The standard InChI is InChI=1S/C16H24N2O2.ClH/c1-3-20-14-9-7-13(8-10-14)16(19)18-11-5-4-6-15(18)12(2)17;/h7-10,12,15H,3-6,11,17H2,1-2H3;1H. The first kappa shape index (κ1) is 17.8. The number of nitrogens with zero attached hydrogens (tertiary/aromatic N) is 1. The van der Waals surface area contributed by atoms with E-state index < -0.39 is 0 Å². The lowest BCUT2D eigenvalue weighted by atomic mass is 9.96. The molecule has 1 aliphatic rings. The minimum Gasteiger partial charge on any atom is -0.494 e. The van der Waals surface area contributed by atoms with E-state index in [2.05, 4.69) is 0 Å². The molecule has 1 aliphatic heterocycles. The molecular formula is C16H25ClN2O2. The van der Waals surface area contributed by atoms with Gasteiger partial charge >= 0.3 is 0 Å². The highest BCUT2D eigenvalue weighted by Gasteiger charge is 2.29. The average molecular weight is 313 g/mol. The molecule has 0 aliphatic carbocycles. The Morgan fingerprint density at radius 2 is 2.05 bits per heavy atom. The van der Waals surface area contributed by atoms with E-state index in [1.807, 2.05) is 43.0 Å². The predicted octanol–water partition coefficient (Wildman–Crippen LogP) is 2.85. The molecular weight excluding hydrogens is 288 g/mol. The Kier molecular flexibility index (Phi) is 6.99. The third-order valence-corrected chi connectivity index (χ3v) is 3.83. The van der Waals surface area contributed by atoms with Gasteiger partial charge in [-0.05, 0) is 57.4 Å². The lowest BCUT2D eigenvalue weighted by Crippen LogP contribution is -2.51. The fraction of sp³-hybridized carbons (Fsp3) is 0.562. The van der Waals surface area contributed by atoms with Crippen molar-refractivity contribution in [1.29, 1.82) is 0 Å². The summed E-state index contributed by atoms with van der Waals surface area (Å²) >= 11 is 0. The molecule has 2 unspecified atom stereocenters. The zero-order valence-corrected chi connectivity index (χ0v) is 13.6. The van der Waals surface area contributed by atoms with E-state index in [4.69, 9.17) is 10.5 Å². The van der Waals surface area contributed by atoms with E-state index in [-0.39, 0.29) is 30.4 Å². The minimum atomic E-state index is 0. The fourth-order valence-corrected chi connectivity index (χ4v) is 2.78. The molecule has 4 nitrogen and oxygen atoms in total. The monoisotopic (exact) mass is 312 g/mol. The third-order valence-electron chi connectivity index (χ3n) is 3.83. The van der Waals surface area contributed by atoms with Crippen LogP contribution < -0.4 is 10.5 Å². The number of nitrogens with two attached hydrogens (primary N) is 1. The molecule has 1 saturated heterocycles. The van der Waals surface area contributed by atoms with Crippen LogP contribution in [0.3, 0.4) is 0 Å². The van der Waals surface area contributed by atoms with Crippen molar-refractivity contribution < 1.29 is 9.53 Å². The van der Waals surface area contributed by atoms with Gasteiger partial charge < -0.3 is 15.4 Å². The van der Waals surface area contributed by atoms with E-state index in [1.165, 1.54) is 0 Å². The zero-order valence-electron chi connectivity index (χ0n) is 12.7. The summed E-state index contributed by atoms with van der Waals surface area (Å²) in [5.41, 5.74) is 6.73. The molecule has 0 bridgehead atoms. The lowest BCUT2D eigenvalue weighted by Gasteiger charge is -2.38. The largest absolute Gasteiger partial charge is 0.494 e. The normalized spacial score (nSPS) is 19.6. The highest BCUT2D eigenvalue weighted by atomic mass is 35.5. The molecule has 5 heteroatoms. The topological polar surface area (TPSA) is 55.6 Å². The minimum absolute atomic E-state index is 0. The van der Waals surface area contributed by atoms with Gasteiger partial charge in [0.05, 0.1) is 6.61 Å². The van der Waals surface area contributed by atoms with Gasteiger partial charge in [-0.25, -0.2) is 0 Å². The number of likely N-dealkylation sites (tertiary alicyclic amines) is 1. The van der Waals surface area contributed by atoms with E-state index in [0.29, 0.717) is 12.2 Å². The Morgan fingerprint density at radius 1 is 1.38 bits per heavy atom. The molecule has 1 amide bonds. The van der Waals surface area contributed by atoms with Gasteiger partial charge in [0.25, 0.3) is 5.91 Å². The number of rotatable bonds is 4. The summed E-state index contributed by atoms with van der Waals surface area (Å²) in [5, 5.41) is 0. The van der Waals surface area contributed by atoms with Gasteiger partial charge in [0.2, 0.25) is 0 Å². The summed E-state index contributed by atoms with van der Waals surface area (Å²) in [6.45, 7) is 5.36. The molecule has 0 aromatic heterocycles. The molecule has 2 rings (SSSR count). The van der Waals surface area contributed by atoms with Crippen molar-refractivity contribution in [2.45, 2.75) is 45.2 Å². The average Bonchev–Trinajstić information content (AvgIpc) is 2.47. The van der Waals surface area contributed by atoms with Crippen molar-refractivity contribution in [3.63, 3.8) is 0 Å². The molecule has 0 spiro atoms. The van der Waals surface area contributed by atoms with Gasteiger partial charge in [0.1, 0.15) is 5.75 Å². The van der Waals surface area contributed by atoms with Gasteiger partial charge in [-0.3, -0.25) is 4.79 Å². The van der Waals surface area contributed by atoms with Crippen molar-refractivity contribution in [3.8, 4) is 5.75 Å². The molecule has 21 heavy (non-hydrogen) atoms. The molecule has 0 saturated carbocycles. The number of hydrogen-bond acceptors (Lipinski definition) is 3. The van der Waals surface area contributed by atoms with Gasteiger partial charge in [0, 0.05) is 24.2 Å². The molecule has 1 aromatic carbocycles. The zero-order chi connectivity index (χ0) is 14.5. The van der Waals surface area contributed by atoms with Gasteiger partial charge in [0.15, 0.2) is 0 Å². The van der Waals surface area contributed by atoms with Crippen molar-refractivity contribution in [1.82, 2.24) is 4.90 Å². The highest BCUT2D eigenvalue weighted by Crippen LogP contribution is 2.22.